The molecule has 1 atom stereocenters. The van der Waals surface area contributed by atoms with E-state index in [1.165, 1.54) is 11.3 Å². The maximum atomic E-state index is 11.3. The van der Waals surface area contributed by atoms with Crippen LogP contribution in [0.2, 0.25) is 0 Å². The number of fused-ring (bicyclic) bond motifs is 1. The molecule has 15 heavy (non-hydrogen) atoms. The number of primary sulfonamides is 1. The van der Waals surface area contributed by atoms with Crippen LogP contribution in [0, 0.1) is 0 Å². The number of thiophene rings is 1. The van der Waals surface area contributed by atoms with Crippen molar-refractivity contribution in [3.05, 3.63) is 35.2 Å². The van der Waals surface area contributed by atoms with Gasteiger partial charge in [0.2, 0.25) is 10.0 Å². The van der Waals surface area contributed by atoms with E-state index in [2.05, 4.69) is 0 Å². The first-order valence-corrected chi connectivity index (χ1v) is 6.97. The van der Waals surface area contributed by atoms with Crippen molar-refractivity contribution in [3.8, 4) is 0 Å². The van der Waals surface area contributed by atoms with Gasteiger partial charge in [-0.1, -0.05) is 18.2 Å². The van der Waals surface area contributed by atoms with Crippen LogP contribution in [-0.2, 0) is 10.0 Å². The van der Waals surface area contributed by atoms with Gasteiger partial charge in [-0.2, -0.15) is 0 Å². The first kappa shape index (κ1) is 10.6. The third-order valence-corrected chi connectivity index (χ3v) is 4.66. The summed E-state index contributed by atoms with van der Waals surface area (Å²) in [7, 11) is -3.51. The number of sulfonamides is 1. The van der Waals surface area contributed by atoms with Crippen molar-refractivity contribution in [2.45, 2.75) is 12.2 Å². The van der Waals surface area contributed by atoms with Crippen molar-refractivity contribution in [3.63, 3.8) is 0 Å². The topological polar surface area (TPSA) is 60.2 Å². The summed E-state index contributed by atoms with van der Waals surface area (Å²) in [6, 6.07) is 7.72. The molecule has 2 rings (SSSR count). The Bertz CT molecular complexity index is 586. The van der Waals surface area contributed by atoms with E-state index in [-0.39, 0.29) is 0 Å². The lowest BCUT2D eigenvalue weighted by Gasteiger charge is -2.07. The van der Waals surface area contributed by atoms with Gasteiger partial charge < -0.3 is 0 Å². The predicted octanol–water partition coefficient (Wildman–Crippen LogP) is 2.25. The lowest BCUT2D eigenvalue weighted by Crippen LogP contribution is -2.18. The molecule has 0 spiro atoms. The van der Waals surface area contributed by atoms with Crippen LogP contribution < -0.4 is 5.14 Å². The standard InChI is InChI=1S/C10H11NO2S2/c1-7(15(11,12)13)9-6-14-10-5-3-2-4-8(9)10/h2-7H,1H3,(H2,11,12,13). The Morgan fingerprint density at radius 2 is 2.00 bits per heavy atom. The summed E-state index contributed by atoms with van der Waals surface area (Å²) in [6.07, 6.45) is 0. The van der Waals surface area contributed by atoms with Crippen LogP contribution in [0.3, 0.4) is 0 Å². The molecule has 1 unspecified atom stereocenters. The maximum Gasteiger partial charge on any atom is 0.215 e. The van der Waals surface area contributed by atoms with Crippen LogP contribution in [-0.4, -0.2) is 8.42 Å². The summed E-state index contributed by atoms with van der Waals surface area (Å²) >= 11 is 1.54. The summed E-state index contributed by atoms with van der Waals surface area (Å²) in [5, 5.41) is 7.33. The van der Waals surface area contributed by atoms with E-state index in [1.54, 1.807) is 6.92 Å². The maximum absolute atomic E-state index is 11.3. The molecule has 2 aromatic rings. The molecule has 80 valence electrons. The second kappa shape index (κ2) is 3.59. The van der Waals surface area contributed by atoms with Gasteiger partial charge in [0, 0.05) is 4.70 Å². The third-order valence-electron chi connectivity index (χ3n) is 2.44. The van der Waals surface area contributed by atoms with Gasteiger partial charge in [-0.3, -0.25) is 0 Å². The average molecular weight is 241 g/mol. The average Bonchev–Trinajstić information content (AvgIpc) is 2.58. The molecular formula is C10H11NO2S2. The molecule has 1 aromatic carbocycles. The van der Waals surface area contributed by atoms with Crippen LogP contribution in [0.1, 0.15) is 17.7 Å². The van der Waals surface area contributed by atoms with Crippen LogP contribution in [0.25, 0.3) is 10.1 Å². The van der Waals surface area contributed by atoms with Crippen molar-refractivity contribution in [2.75, 3.05) is 0 Å². The first-order chi connectivity index (χ1) is 7.00. The van der Waals surface area contributed by atoms with Gasteiger partial charge >= 0.3 is 0 Å². The first-order valence-electron chi connectivity index (χ1n) is 4.48. The van der Waals surface area contributed by atoms with Crippen LogP contribution in [0.4, 0.5) is 0 Å². The molecule has 2 N–H and O–H groups in total. The molecule has 0 bridgehead atoms. The predicted molar refractivity (Wildman–Crippen MR) is 63.3 cm³/mol. The lowest BCUT2D eigenvalue weighted by atomic mass is 10.1. The molecule has 0 amide bonds. The number of hydrogen-bond donors (Lipinski definition) is 1. The molecule has 3 nitrogen and oxygen atoms in total. The van der Waals surface area contributed by atoms with Crippen LogP contribution in [0.5, 0.6) is 0 Å². The molecule has 1 aromatic heterocycles. The zero-order valence-electron chi connectivity index (χ0n) is 8.17. The van der Waals surface area contributed by atoms with E-state index in [0.717, 1.165) is 15.6 Å². The van der Waals surface area contributed by atoms with E-state index in [1.807, 2.05) is 29.6 Å². The number of nitrogens with two attached hydrogens (primary N) is 1. The SMILES string of the molecule is CC(c1csc2ccccc12)S(N)(=O)=O. The number of hydrogen-bond acceptors (Lipinski definition) is 3. The quantitative estimate of drug-likeness (QED) is 0.876. The third kappa shape index (κ3) is 1.90. The van der Waals surface area contributed by atoms with Crippen molar-refractivity contribution < 1.29 is 8.42 Å². The van der Waals surface area contributed by atoms with E-state index < -0.39 is 15.3 Å². The summed E-state index contributed by atoms with van der Waals surface area (Å²) in [4.78, 5) is 0. The molecule has 0 aliphatic carbocycles. The van der Waals surface area contributed by atoms with Crippen LogP contribution in [0.15, 0.2) is 29.6 Å². The van der Waals surface area contributed by atoms with E-state index in [4.69, 9.17) is 5.14 Å². The molecule has 5 heteroatoms. The molecule has 0 radical (unpaired) electrons. The van der Waals surface area contributed by atoms with Crippen molar-refractivity contribution in [1.29, 1.82) is 0 Å². The zero-order chi connectivity index (χ0) is 11.1. The minimum Gasteiger partial charge on any atom is -0.228 e. The molecule has 0 fully saturated rings. The molecule has 0 aliphatic heterocycles. The van der Waals surface area contributed by atoms with Crippen LogP contribution >= 0.6 is 11.3 Å². The van der Waals surface area contributed by atoms with Gasteiger partial charge in [0.05, 0.1) is 5.25 Å². The highest BCUT2D eigenvalue weighted by Gasteiger charge is 2.20. The molecule has 0 aliphatic rings. The lowest BCUT2D eigenvalue weighted by molar-refractivity contribution is 0.588. The number of rotatable bonds is 2. The Kier molecular flexibility index (Phi) is 2.54. The Balaban J connectivity index is 2.63. The Morgan fingerprint density at radius 3 is 2.67 bits per heavy atom. The largest absolute Gasteiger partial charge is 0.228 e. The fourth-order valence-electron chi connectivity index (χ4n) is 1.49. The monoisotopic (exact) mass is 241 g/mol. The van der Waals surface area contributed by atoms with E-state index >= 15 is 0 Å². The minimum absolute atomic E-state index is 0.645. The summed E-state index contributed by atoms with van der Waals surface area (Å²) in [5.74, 6) is 0. The van der Waals surface area contributed by atoms with E-state index in [0.29, 0.717) is 0 Å². The summed E-state index contributed by atoms with van der Waals surface area (Å²) in [6.45, 7) is 1.61. The smallest absolute Gasteiger partial charge is 0.215 e. The Morgan fingerprint density at radius 1 is 1.33 bits per heavy atom. The molecule has 0 saturated carbocycles. The summed E-state index contributed by atoms with van der Waals surface area (Å²) in [5.41, 5.74) is 0.790. The van der Waals surface area contributed by atoms with Gasteiger partial charge in [-0.15, -0.1) is 11.3 Å². The highest BCUT2D eigenvalue weighted by molar-refractivity contribution is 7.89. The highest BCUT2D eigenvalue weighted by Crippen LogP contribution is 2.32. The second-order valence-corrected chi connectivity index (χ2v) is 6.21. The van der Waals surface area contributed by atoms with E-state index in [9.17, 15) is 8.42 Å². The van der Waals surface area contributed by atoms with Gasteiger partial charge in [0.15, 0.2) is 0 Å². The fourth-order valence-corrected chi connectivity index (χ4v) is 3.18. The fraction of sp³-hybridized carbons (Fsp3) is 0.200. The Labute approximate surface area is 92.6 Å². The second-order valence-electron chi connectivity index (χ2n) is 3.42. The summed E-state index contributed by atoms with van der Waals surface area (Å²) < 4.78 is 23.6. The highest BCUT2D eigenvalue weighted by atomic mass is 32.2. The number of benzene rings is 1. The van der Waals surface area contributed by atoms with Crippen molar-refractivity contribution in [1.82, 2.24) is 0 Å². The van der Waals surface area contributed by atoms with Gasteiger partial charge in [-0.25, -0.2) is 13.6 Å². The minimum atomic E-state index is -3.51. The van der Waals surface area contributed by atoms with Gasteiger partial charge in [0.1, 0.15) is 0 Å². The zero-order valence-corrected chi connectivity index (χ0v) is 9.81. The Hall–Kier alpha value is -0.910. The molecule has 0 saturated heterocycles. The molecule has 1 heterocycles. The van der Waals surface area contributed by atoms with Crippen molar-refractivity contribution in [2.24, 2.45) is 5.14 Å². The molecular weight excluding hydrogens is 230 g/mol. The van der Waals surface area contributed by atoms with Crippen molar-refractivity contribution >= 4 is 31.4 Å². The van der Waals surface area contributed by atoms with Gasteiger partial charge in [0.25, 0.3) is 0 Å². The normalized spacial score (nSPS) is 14.3. The van der Waals surface area contributed by atoms with Gasteiger partial charge in [-0.05, 0) is 29.3 Å².